The van der Waals surface area contributed by atoms with Gasteiger partial charge in [-0.05, 0) is 42.3 Å². The summed E-state index contributed by atoms with van der Waals surface area (Å²) in [5, 5.41) is 15.0. The first-order chi connectivity index (χ1) is 15.6. The molecule has 1 saturated heterocycles. The number of aliphatic imine (C=N–C) groups is 1. The summed E-state index contributed by atoms with van der Waals surface area (Å²) < 4.78 is 5.28. The number of hydrogen-bond acceptors (Lipinski definition) is 5. The molecule has 1 amide bonds. The van der Waals surface area contributed by atoms with E-state index in [0.29, 0.717) is 43.9 Å². The standard InChI is InChI=1S/C25H27N3O4/c1-2-26-24-20-6-4-3-5-19(20)18(11-16-7-8-23(30)27-13-16)12-21(24)25(31)28-14-17-9-10-32-15-22(17)29/h2-8,12-13,17,22,29H,9-11,14-15H2,1H3,(H,27,30)(H,28,31)/t17-,22+/m1/s1. The fourth-order valence-electron chi connectivity index (χ4n) is 4.12. The van der Waals surface area contributed by atoms with Gasteiger partial charge in [0.25, 0.3) is 5.91 Å². The molecule has 3 aromatic rings. The Kier molecular flexibility index (Phi) is 6.78. The Bertz CT molecular complexity index is 1180. The van der Waals surface area contributed by atoms with E-state index in [0.717, 1.165) is 21.9 Å². The van der Waals surface area contributed by atoms with Gasteiger partial charge in [-0.1, -0.05) is 30.3 Å². The van der Waals surface area contributed by atoms with Crippen molar-refractivity contribution in [1.29, 1.82) is 0 Å². The van der Waals surface area contributed by atoms with Crippen molar-refractivity contribution in [3.63, 3.8) is 0 Å². The van der Waals surface area contributed by atoms with Gasteiger partial charge in [0.2, 0.25) is 5.56 Å². The molecule has 1 aliphatic rings. The first kappa shape index (κ1) is 21.9. The summed E-state index contributed by atoms with van der Waals surface area (Å²) in [4.78, 5) is 31.9. The van der Waals surface area contributed by atoms with Crippen molar-refractivity contribution < 1.29 is 14.6 Å². The van der Waals surface area contributed by atoms with E-state index in [4.69, 9.17) is 4.74 Å². The lowest BCUT2D eigenvalue weighted by atomic mass is 9.94. The van der Waals surface area contributed by atoms with Gasteiger partial charge in [0.15, 0.2) is 0 Å². The van der Waals surface area contributed by atoms with Crippen LogP contribution in [0.15, 0.2) is 58.4 Å². The molecular weight excluding hydrogens is 406 g/mol. The number of nitrogens with one attached hydrogen (secondary N) is 2. The smallest absolute Gasteiger partial charge is 0.253 e. The fourth-order valence-corrected chi connectivity index (χ4v) is 4.12. The molecule has 0 saturated carbocycles. The zero-order chi connectivity index (χ0) is 22.5. The molecule has 166 valence electrons. The molecule has 7 nitrogen and oxygen atoms in total. The van der Waals surface area contributed by atoms with E-state index in [9.17, 15) is 14.7 Å². The Morgan fingerprint density at radius 3 is 2.81 bits per heavy atom. The lowest BCUT2D eigenvalue weighted by Gasteiger charge is -2.27. The van der Waals surface area contributed by atoms with E-state index in [1.165, 1.54) is 6.07 Å². The molecule has 0 radical (unpaired) electrons. The molecule has 2 atom stereocenters. The SMILES string of the molecule is CC=Nc1c(C(=O)NC[C@H]2CCOC[C@@H]2O)cc(Cc2ccc(=O)[nH]c2)c2ccccc12. The van der Waals surface area contributed by atoms with Crippen LogP contribution in [0.4, 0.5) is 5.69 Å². The molecule has 2 heterocycles. The third-order valence-corrected chi connectivity index (χ3v) is 5.84. The van der Waals surface area contributed by atoms with Gasteiger partial charge in [0.05, 0.1) is 24.0 Å². The summed E-state index contributed by atoms with van der Waals surface area (Å²) in [7, 11) is 0. The van der Waals surface area contributed by atoms with Crippen molar-refractivity contribution in [2.75, 3.05) is 19.8 Å². The summed E-state index contributed by atoms with van der Waals surface area (Å²) in [6.45, 7) is 3.08. The molecule has 0 aliphatic carbocycles. The number of ether oxygens (including phenoxy) is 1. The average molecular weight is 434 g/mol. The number of nitrogens with zero attached hydrogens (tertiary/aromatic N) is 1. The number of benzene rings is 2. The number of fused-ring (bicyclic) bond motifs is 1. The van der Waals surface area contributed by atoms with Crippen molar-refractivity contribution in [2.24, 2.45) is 10.9 Å². The summed E-state index contributed by atoms with van der Waals surface area (Å²) in [6.07, 6.45) is 4.07. The van der Waals surface area contributed by atoms with Gasteiger partial charge < -0.3 is 20.1 Å². The van der Waals surface area contributed by atoms with Gasteiger partial charge in [-0.25, -0.2) is 0 Å². The number of rotatable bonds is 6. The van der Waals surface area contributed by atoms with Gasteiger partial charge >= 0.3 is 0 Å². The zero-order valence-electron chi connectivity index (χ0n) is 18.0. The zero-order valence-corrected chi connectivity index (χ0v) is 18.0. The predicted molar refractivity (Wildman–Crippen MR) is 125 cm³/mol. The molecule has 3 N–H and O–H groups in total. The molecule has 7 heteroatoms. The number of carbonyl (C=O) groups is 1. The van der Waals surface area contributed by atoms with E-state index in [1.54, 1.807) is 18.5 Å². The second kappa shape index (κ2) is 9.89. The normalized spacial score (nSPS) is 18.8. The summed E-state index contributed by atoms with van der Waals surface area (Å²) in [6, 6.07) is 13.0. The number of aliphatic hydroxyl groups is 1. The van der Waals surface area contributed by atoms with E-state index in [1.807, 2.05) is 37.3 Å². The highest BCUT2D eigenvalue weighted by Gasteiger charge is 2.25. The van der Waals surface area contributed by atoms with Gasteiger partial charge in [0.1, 0.15) is 0 Å². The molecule has 4 rings (SSSR count). The Morgan fingerprint density at radius 2 is 2.09 bits per heavy atom. The molecule has 1 aromatic heterocycles. The van der Waals surface area contributed by atoms with Gasteiger partial charge in [0, 0.05) is 42.9 Å². The summed E-state index contributed by atoms with van der Waals surface area (Å²) in [5.41, 5.74) is 2.87. The fraction of sp³-hybridized carbons (Fsp3) is 0.320. The van der Waals surface area contributed by atoms with Crippen LogP contribution in [-0.2, 0) is 11.2 Å². The molecule has 32 heavy (non-hydrogen) atoms. The van der Waals surface area contributed by atoms with E-state index < -0.39 is 6.10 Å². The third-order valence-electron chi connectivity index (χ3n) is 5.84. The minimum atomic E-state index is -0.579. The number of aromatic amines is 1. The maximum absolute atomic E-state index is 13.2. The highest BCUT2D eigenvalue weighted by atomic mass is 16.5. The summed E-state index contributed by atoms with van der Waals surface area (Å²) in [5.74, 6) is -0.260. The lowest BCUT2D eigenvalue weighted by molar-refractivity contribution is -0.0425. The number of pyridine rings is 1. The first-order valence-corrected chi connectivity index (χ1v) is 10.8. The van der Waals surface area contributed by atoms with Crippen LogP contribution < -0.4 is 10.9 Å². The Morgan fingerprint density at radius 1 is 1.28 bits per heavy atom. The van der Waals surface area contributed by atoms with Crippen LogP contribution in [0.3, 0.4) is 0 Å². The number of amides is 1. The number of carbonyl (C=O) groups excluding carboxylic acids is 1. The van der Waals surface area contributed by atoms with Gasteiger partial charge in [-0.3, -0.25) is 14.6 Å². The quantitative estimate of drug-likeness (QED) is 0.520. The van der Waals surface area contributed by atoms with Crippen LogP contribution in [0.25, 0.3) is 10.8 Å². The van der Waals surface area contributed by atoms with Crippen molar-refractivity contribution in [3.8, 4) is 0 Å². The predicted octanol–water partition coefficient (Wildman–Crippen LogP) is 2.97. The van der Waals surface area contributed by atoms with E-state index in [-0.39, 0.29) is 17.4 Å². The Hall–Kier alpha value is -3.29. The Balaban J connectivity index is 1.71. The number of H-pyrrole nitrogens is 1. The summed E-state index contributed by atoms with van der Waals surface area (Å²) >= 11 is 0. The van der Waals surface area contributed by atoms with Gasteiger partial charge in [-0.2, -0.15) is 0 Å². The molecule has 1 fully saturated rings. The van der Waals surface area contributed by atoms with Crippen molar-refractivity contribution in [1.82, 2.24) is 10.3 Å². The maximum Gasteiger partial charge on any atom is 0.253 e. The number of hydrogen-bond donors (Lipinski definition) is 3. The van der Waals surface area contributed by atoms with Crippen LogP contribution in [0, 0.1) is 5.92 Å². The minimum absolute atomic E-state index is 0.0353. The monoisotopic (exact) mass is 433 g/mol. The number of aromatic nitrogens is 1. The number of aliphatic hydroxyl groups excluding tert-OH is 1. The third kappa shape index (κ3) is 4.79. The van der Waals surface area contributed by atoms with E-state index in [2.05, 4.69) is 15.3 Å². The van der Waals surface area contributed by atoms with Crippen molar-refractivity contribution in [2.45, 2.75) is 25.9 Å². The Labute approximate surface area is 186 Å². The lowest BCUT2D eigenvalue weighted by Crippen LogP contribution is -2.40. The maximum atomic E-state index is 13.2. The van der Waals surface area contributed by atoms with Crippen molar-refractivity contribution in [3.05, 3.63) is 75.7 Å². The van der Waals surface area contributed by atoms with Crippen LogP contribution >= 0.6 is 0 Å². The largest absolute Gasteiger partial charge is 0.390 e. The highest BCUT2D eigenvalue weighted by Crippen LogP contribution is 2.34. The van der Waals surface area contributed by atoms with Gasteiger partial charge in [-0.15, -0.1) is 0 Å². The van der Waals surface area contributed by atoms with Crippen LogP contribution in [-0.4, -0.2) is 48.1 Å². The molecule has 0 bridgehead atoms. The molecule has 0 unspecified atom stereocenters. The molecular formula is C25H27N3O4. The molecule has 0 spiro atoms. The van der Waals surface area contributed by atoms with Crippen molar-refractivity contribution >= 4 is 28.6 Å². The van der Waals surface area contributed by atoms with E-state index >= 15 is 0 Å². The average Bonchev–Trinajstić information content (AvgIpc) is 2.81. The van der Waals surface area contributed by atoms with Crippen LogP contribution in [0.2, 0.25) is 0 Å². The molecule has 1 aliphatic heterocycles. The van der Waals surface area contributed by atoms with Crippen LogP contribution in [0.1, 0.15) is 34.8 Å². The minimum Gasteiger partial charge on any atom is -0.390 e. The molecule has 2 aromatic carbocycles. The second-order valence-corrected chi connectivity index (χ2v) is 8.00. The topological polar surface area (TPSA) is 104 Å². The first-order valence-electron chi connectivity index (χ1n) is 10.8. The second-order valence-electron chi connectivity index (χ2n) is 8.00. The van der Waals surface area contributed by atoms with Crippen LogP contribution in [0.5, 0.6) is 0 Å². The highest BCUT2D eigenvalue weighted by molar-refractivity contribution is 6.09.